The third kappa shape index (κ3) is 4.17. The number of nitrogens with zero attached hydrogens (tertiary/aromatic N) is 3. The van der Waals surface area contributed by atoms with E-state index in [9.17, 15) is 9.18 Å². The number of nitrogens with one attached hydrogen (secondary N) is 3. The fourth-order valence-corrected chi connectivity index (χ4v) is 3.88. The number of fused-ring (bicyclic) bond motifs is 1. The second-order valence-corrected chi connectivity index (χ2v) is 7.64. The zero-order valence-corrected chi connectivity index (χ0v) is 16.8. The first kappa shape index (κ1) is 19.6. The zero-order valence-electron chi connectivity index (χ0n) is 16.0. The predicted octanol–water partition coefficient (Wildman–Crippen LogP) is 4.06. The Labute approximate surface area is 172 Å². The van der Waals surface area contributed by atoms with E-state index in [4.69, 9.17) is 11.6 Å². The molecule has 29 heavy (non-hydrogen) atoms. The van der Waals surface area contributed by atoms with Gasteiger partial charge in [-0.15, -0.1) is 0 Å². The van der Waals surface area contributed by atoms with E-state index in [-0.39, 0.29) is 23.8 Å². The second-order valence-electron chi connectivity index (χ2n) is 7.21. The maximum Gasteiger partial charge on any atom is 0.220 e. The molecule has 152 valence electrons. The van der Waals surface area contributed by atoms with Crippen LogP contribution in [0.3, 0.4) is 0 Å². The summed E-state index contributed by atoms with van der Waals surface area (Å²) in [5, 5.41) is 7.49. The van der Waals surface area contributed by atoms with Crippen molar-refractivity contribution in [2.75, 3.05) is 5.32 Å². The number of aromatic nitrogens is 4. The third-order valence-corrected chi connectivity index (χ3v) is 5.44. The van der Waals surface area contributed by atoms with Gasteiger partial charge in [0, 0.05) is 41.8 Å². The van der Waals surface area contributed by atoms with Crippen molar-refractivity contribution < 1.29 is 9.18 Å². The lowest BCUT2D eigenvalue weighted by atomic mass is 9.90. The molecule has 0 aliphatic heterocycles. The molecule has 0 spiro atoms. The van der Waals surface area contributed by atoms with Crippen molar-refractivity contribution in [1.82, 2.24) is 25.3 Å². The minimum Gasteiger partial charge on any atom is -0.363 e. The number of rotatable bonds is 5. The van der Waals surface area contributed by atoms with Crippen molar-refractivity contribution in [1.29, 1.82) is 0 Å². The Balaban J connectivity index is 1.62. The first-order chi connectivity index (χ1) is 14.0. The third-order valence-electron chi connectivity index (χ3n) is 5.24. The molecule has 1 aliphatic carbocycles. The Bertz CT molecular complexity index is 1040. The molecule has 1 amide bonds. The highest BCUT2D eigenvalue weighted by molar-refractivity contribution is 6.31. The molecular weight excluding hydrogens is 395 g/mol. The van der Waals surface area contributed by atoms with Crippen LogP contribution in [0.4, 0.5) is 10.2 Å². The lowest BCUT2D eigenvalue weighted by Crippen LogP contribution is -2.48. The smallest absolute Gasteiger partial charge is 0.220 e. The highest BCUT2D eigenvalue weighted by Crippen LogP contribution is 2.29. The van der Waals surface area contributed by atoms with Gasteiger partial charge < -0.3 is 15.6 Å². The van der Waals surface area contributed by atoms with E-state index >= 15 is 0 Å². The number of hydrogen-bond acceptors (Lipinski definition) is 5. The van der Waals surface area contributed by atoms with E-state index in [1.165, 1.54) is 0 Å². The first-order valence-corrected chi connectivity index (χ1v) is 10.1. The van der Waals surface area contributed by atoms with Gasteiger partial charge in [-0.3, -0.25) is 4.79 Å². The van der Waals surface area contributed by atoms with E-state index in [0.29, 0.717) is 28.5 Å². The number of pyridine rings is 1. The normalized spacial score (nSPS) is 19.3. The number of anilines is 1. The molecule has 3 aromatic heterocycles. The number of carbonyl (C=O) groups excluding carboxylic acids is 1. The van der Waals surface area contributed by atoms with Crippen LogP contribution in [0.1, 0.15) is 39.0 Å². The van der Waals surface area contributed by atoms with Crippen LogP contribution in [0.15, 0.2) is 24.7 Å². The number of amides is 1. The molecule has 4 rings (SSSR count). The summed E-state index contributed by atoms with van der Waals surface area (Å²) in [4.78, 5) is 27.7. The lowest BCUT2D eigenvalue weighted by molar-refractivity contribution is -0.121. The van der Waals surface area contributed by atoms with Crippen LogP contribution < -0.4 is 10.6 Å². The standard InChI is InChI=1S/C20H22ClFN6O/c1-2-17(29)26-15-5-3-4-6-16(15)27-20-14(22)10-25-19(28-20)13-9-24-18-12(13)7-11(21)8-23-18/h7-10,15-16H,2-6H2,1H3,(H,23,24)(H,26,29)(H,25,27,28)/t15-,16-/m1/s1. The Morgan fingerprint density at radius 1 is 1.28 bits per heavy atom. The Morgan fingerprint density at radius 3 is 2.86 bits per heavy atom. The predicted molar refractivity (Wildman–Crippen MR) is 110 cm³/mol. The highest BCUT2D eigenvalue weighted by Gasteiger charge is 2.27. The van der Waals surface area contributed by atoms with Crippen molar-refractivity contribution in [2.24, 2.45) is 0 Å². The molecule has 0 unspecified atom stereocenters. The van der Waals surface area contributed by atoms with E-state index in [1.807, 2.05) is 6.92 Å². The largest absolute Gasteiger partial charge is 0.363 e. The van der Waals surface area contributed by atoms with Gasteiger partial charge in [0.25, 0.3) is 0 Å². The van der Waals surface area contributed by atoms with Crippen molar-refractivity contribution in [3.05, 3.63) is 35.5 Å². The van der Waals surface area contributed by atoms with E-state index < -0.39 is 5.82 Å². The van der Waals surface area contributed by atoms with Crippen LogP contribution in [0.2, 0.25) is 5.02 Å². The van der Waals surface area contributed by atoms with Crippen molar-refractivity contribution in [2.45, 2.75) is 51.1 Å². The van der Waals surface area contributed by atoms with Crippen LogP contribution in [-0.4, -0.2) is 37.9 Å². The van der Waals surface area contributed by atoms with Gasteiger partial charge in [0.2, 0.25) is 5.91 Å². The van der Waals surface area contributed by atoms with Gasteiger partial charge in [0.05, 0.1) is 11.2 Å². The zero-order chi connectivity index (χ0) is 20.4. The van der Waals surface area contributed by atoms with Crippen molar-refractivity contribution in [3.8, 4) is 11.4 Å². The maximum atomic E-state index is 14.5. The first-order valence-electron chi connectivity index (χ1n) is 9.76. The molecule has 3 heterocycles. The van der Waals surface area contributed by atoms with Gasteiger partial charge in [0.1, 0.15) is 5.65 Å². The Morgan fingerprint density at radius 2 is 2.07 bits per heavy atom. The van der Waals surface area contributed by atoms with Crippen LogP contribution in [0, 0.1) is 5.82 Å². The van der Waals surface area contributed by atoms with Crippen LogP contribution in [0.5, 0.6) is 0 Å². The van der Waals surface area contributed by atoms with E-state index in [2.05, 4.69) is 30.6 Å². The Hall–Kier alpha value is -2.74. The SMILES string of the molecule is CCC(=O)N[C@@H]1CCCC[C@H]1Nc1nc(-c2c[nH]c3ncc(Cl)cc23)ncc1F. The van der Waals surface area contributed by atoms with Gasteiger partial charge >= 0.3 is 0 Å². The molecule has 1 saturated carbocycles. The summed E-state index contributed by atoms with van der Waals surface area (Å²) in [6.07, 6.45) is 8.61. The summed E-state index contributed by atoms with van der Waals surface area (Å²) in [7, 11) is 0. The quantitative estimate of drug-likeness (QED) is 0.582. The molecule has 0 bridgehead atoms. The molecule has 7 nitrogen and oxygen atoms in total. The summed E-state index contributed by atoms with van der Waals surface area (Å²) in [5.41, 5.74) is 1.35. The molecule has 1 fully saturated rings. The van der Waals surface area contributed by atoms with Gasteiger partial charge in [-0.2, -0.15) is 0 Å². The summed E-state index contributed by atoms with van der Waals surface area (Å²) in [6.45, 7) is 1.82. The molecule has 3 aromatic rings. The lowest BCUT2D eigenvalue weighted by Gasteiger charge is -2.33. The van der Waals surface area contributed by atoms with E-state index in [1.54, 1.807) is 18.5 Å². The summed E-state index contributed by atoms with van der Waals surface area (Å²) < 4.78 is 14.5. The molecule has 0 aromatic carbocycles. The molecule has 2 atom stereocenters. The number of H-pyrrole nitrogens is 1. The number of carbonyl (C=O) groups is 1. The number of halogens is 2. The van der Waals surface area contributed by atoms with Crippen LogP contribution in [-0.2, 0) is 4.79 Å². The average molecular weight is 417 g/mol. The summed E-state index contributed by atoms with van der Waals surface area (Å²) in [6, 6.07) is 1.63. The van der Waals surface area contributed by atoms with Crippen molar-refractivity contribution in [3.63, 3.8) is 0 Å². The minimum atomic E-state index is -0.532. The molecular formula is C20H22ClFN6O. The van der Waals surface area contributed by atoms with Gasteiger partial charge in [-0.25, -0.2) is 19.3 Å². The van der Waals surface area contributed by atoms with Gasteiger partial charge in [0.15, 0.2) is 17.5 Å². The fraction of sp³-hybridized carbons (Fsp3) is 0.400. The second kappa shape index (κ2) is 8.32. The Kier molecular flexibility index (Phi) is 5.62. The van der Waals surface area contributed by atoms with Crippen LogP contribution in [0.25, 0.3) is 22.4 Å². The highest BCUT2D eigenvalue weighted by atomic mass is 35.5. The minimum absolute atomic E-state index is 0.00396. The fourth-order valence-electron chi connectivity index (χ4n) is 3.72. The number of aromatic amines is 1. The molecule has 0 radical (unpaired) electrons. The molecule has 9 heteroatoms. The number of hydrogen-bond donors (Lipinski definition) is 3. The summed E-state index contributed by atoms with van der Waals surface area (Å²) in [5.74, 6) is -0.0391. The maximum absolute atomic E-state index is 14.5. The van der Waals surface area contributed by atoms with Gasteiger partial charge in [-0.05, 0) is 18.9 Å². The summed E-state index contributed by atoms with van der Waals surface area (Å²) >= 11 is 6.07. The molecule has 3 N–H and O–H groups in total. The average Bonchev–Trinajstić information content (AvgIpc) is 3.14. The van der Waals surface area contributed by atoms with Crippen LogP contribution >= 0.6 is 11.6 Å². The monoisotopic (exact) mass is 416 g/mol. The van der Waals surface area contributed by atoms with Gasteiger partial charge in [-0.1, -0.05) is 31.4 Å². The molecule has 1 aliphatic rings. The van der Waals surface area contributed by atoms with Crippen molar-refractivity contribution >= 4 is 34.4 Å². The molecule has 0 saturated heterocycles. The topological polar surface area (TPSA) is 95.6 Å². The van der Waals surface area contributed by atoms with E-state index in [0.717, 1.165) is 37.3 Å².